The van der Waals surface area contributed by atoms with Gasteiger partial charge in [0.05, 0.1) is 13.2 Å². The molecule has 1 saturated carbocycles. The minimum atomic E-state index is 0.459. The van der Waals surface area contributed by atoms with Crippen LogP contribution in [-0.4, -0.2) is 36.4 Å². The first-order valence-electron chi connectivity index (χ1n) is 7.68. The van der Waals surface area contributed by atoms with E-state index < -0.39 is 0 Å². The van der Waals surface area contributed by atoms with Gasteiger partial charge in [-0.1, -0.05) is 30.3 Å². The van der Waals surface area contributed by atoms with Crippen LogP contribution in [-0.2, 0) is 16.1 Å². The Balaban J connectivity index is 1.41. The number of ether oxygens (including phenoxy) is 1. The van der Waals surface area contributed by atoms with E-state index in [0.717, 1.165) is 32.5 Å². The minimum Gasteiger partial charge on any atom is -0.375 e. The predicted octanol–water partition coefficient (Wildman–Crippen LogP) is 2.65. The van der Waals surface area contributed by atoms with Gasteiger partial charge < -0.3 is 4.74 Å². The molecule has 20 heavy (non-hydrogen) atoms. The van der Waals surface area contributed by atoms with E-state index in [-0.39, 0.29) is 0 Å². The number of likely N-dealkylation sites (tertiary alicyclic amines) is 1. The van der Waals surface area contributed by atoms with Crippen LogP contribution in [0.15, 0.2) is 30.3 Å². The molecule has 0 N–H and O–H groups in total. The van der Waals surface area contributed by atoms with Crippen LogP contribution in [0, 0.1) is 5.92 Å². The molecule has 3 nitrogen and oxygen atoms in total. The van der Waals surface area contributed by atoms with Gasteiger partial charge in [0.1, 0.15) is 5.78 Å². The van der Waals surface area contributed by atoms with Crippen LogP contribution in [0.1, 0.15) is 31.2 Å². The largest absolute Gasteiger partial charge is 0.375 e. The van der Waals surface area contributed by atoms with Crippen LogP contribution < -0.4 is 0 Å². The van der Waals surface area contributed by atoms with Gasteiger partial charge in [-0.2, -0.15) is 0 Å². The Morgan fingerprint density at radius 2 is 2.05 bits per heavy atom. The topological polar surface area (TPSA) is 29.5 Å². The van der Waals surface area contributed by atoms with Crippen molar-refractivity contribution in [3.63, 3.8) is 0 Å². The van der Waals surface area contributed by atoms with Crippen molar-refractivity contribution in [1.29, 1.82) is 0 Å². The fourth-order valence-corrected chi connectivity index (χ4v) is 3.49. The number of carbonyl (C=O) groups excluding carboxylic acids is 1. The summed E-state index contributed by atoms with van der Waals surface area (Å²) in [5.74, 6) is 1.11. The van der Waals surface area contributed by atoms with Gasteiger partial charge in [-0.3, -0.25) is 9.69 Å². The predicted molar refractivity (Wildman–Crippen MR) is 78.4 cm³/mol. The number of carbonyl (C=O) groups is 1. The maximum Gasteiger partial charge on any atom is 0.134 e. The number of benzene rings is 1. The Hall–Kier alpha value is -1.19. The normalized spacial score (nSPS) is 26.7. The van der Waals surface area contributed by atoms with Gasteiger partial charge in [0, 0.05) is 25.4 Å². The van der Waals surface area contributed by atoms with Crippen LogP contribution in [0.3, 0.4) is 0 Å². The highest BCUT2D eigenvalue weighted by atomic mass is 16.5. The molecule has 3 heteroatoms. The first kappa shape index (κ1) is 13.8. The lowest BCUT2D eigenvalue weighted by atomic mass is 9.79. The molecule has 0 amide bonds. The molecule has 0 radical (unpaired) electrons. The van der Waals surface area contributed by atoms with E-state index in [4.69, 9.17) is 4.74 Å². The molecule has 3 rings (SSSR count). The van der Waals surface area contributed by atoms with E-state index in [1.54, 1.807) is 0 Å². The van der Waals surface area contributed by atoms with Gasteiger partial charge in [0.15, 0.2) is 0 Å². The summed E-state index contributed by atoms with van der Waals surface area (Å²) in [6.45, 7) is 3.53. The second kappa shape index (κ2) is 6.51. The summed E-state index contributed by atoms with van der Waals surface area (Å²) in [5.41, 5.74) is 1.22. The molecular formula is C17H23NO2. The van der Waals surface area contributed by atoms with Gasteiger partial charge in [0.2, 0.25) is 0 Å². The summed E-state index contributed by atoms with van der Waals surface area (Å²) >= 11 is 0. The molecule has 2 aliphatic rings. The highest BCUT2D eigenvalue weighted by Crippen LogP contribution is 2.32. The number of hydrogen-bond acceptors (Lipinski definition) is 3. The molecule has 1 aliphatic heterocycles. The minimum absolute atomic E-state index is 0.459. The second-order valence-electron chi connectivity index (χ2n) is 6.07. The molecule has 1 aromatic carbocycles. The average Bonchev–Trinajstić information content (AvgIpc) is 2.46. The lowest BCUT2D eigenvalue weighted by Crippen LogP contribution is -2.48. The smallest absolute Gasteiger partial charge is 0.134 e. The Bertz CT molecular complexity index is 446. The Morgan fingerprint density at radius 3 is 2.90 bits per heavy atom. The molecule has 1 aromatic rings. The molecular weight excluding hydrogens is 250 g/mol. The van der Waals surface area contributed by atoms with Crippen LogP contribution >= 0.6 is 0 Å². The fourth-order valence-electron chi connectivity index (χ4n) is 3.49. The van der Waals surface area contributed by atoms with E-state index in [1.807, 2.05) is 18.2 Å². The number of piperidine rings is 1. The van der Waals surface area contributed by atoms with Crippen molar-refractivity contribution >= 4 is 5.78 Å². The molecule has 1 saturated heterocycles. The summed E-state index contributed by atoms with van der Waals surface area (Å²) in [7, 11) is 0. The summed E-state index contributed by atoms with van der Waals surface area (Å²) in [5, 5.41) is 0. The van der Waals surface area contributed by atoms with Crippen LogP contribution in [0.25, 0.3) is 0 Å². The van der Waals surface area contributed by atoms with Crippen LogP contribution in [0.5, 0.6) is 0 Å². The van der Waals surface area contributed by atoms with Crippen molar-refractivity contribution in [2.75, 3.05) is 19.7 Å². The quantitative estimate of drug-likeness (QED) is 0.772. The number of ketones is 1. The third kappa shape index (κ3) is 3.47. The number of nitrogens with zero attached hydrogens (tertiary/aromatic N) is 1. The molecule has 2 atom stereocenters. The van der Waals surface area contributed by atoms with Crippen molar-refractivity contribution in [2.24, 2.45) is 5.92 Å². The van der Waals surface area contributed by atoms with Crippen molar-refractivity contribution in [2.45, 2.75) is 38.3 Å². The van der Waals surface area contributed by atoms with Gasteiger partial charge in [-0.25, -0.2) is 0 Å². The lowest BCUT2D eigenvalue weighted by molar-refractivity contribution is -0.125. The highest BCUT2D eigenvalue weighted by Gasteiger charge is 2.34. The fraction of sp³-hybridized carbons (Fsp3) is 0.588. The average molecular weight is 273 g/mol. The standard InChI is InChI=1S/C17H23NO2/c19-17-11-15-6-7-18(16(10-15)12-17)8-9-20-13-14-4-2-1-3-5-14/h1-5,15-16H,6-13H2. The molecule has 1 aliphatic carbocycles. The van der Waals surface area contributed by atoms with E-state index >= 15 is 0 Å². The van der Waals surface area contributed by atoms with Gasteiger partial charge in [-0.05, 0) is 30.9 Å². The summed E-state index contributed by atoms with van der Waals surface area (Å²) < 4.78 is 5.76. The zero-order valence-corrected chi connectivity index (χ0v) is 12.0. The molecule has 1 heterocycles. The monoisotopic (exact) mass is 273 g/mol. The van der Waals surface area contributed by atoms with Gasteiger partial charge in [-0.15, -0.1) is 0 Å². The number of rotatable bonds is 5. The molecule has 0 spiro atoms. The molecule has 2 fully saturated rings. The van der Waals surface area contributed by atoms with Crippen molar-refractivity contribution in [3.8, 4) is 0 Å². The van der Waals surface area contributed by atoms with E-state index in [0.29, 0.717) is 24.3 Å². The number of fused-ring (bicyclic) bond motifs is 2. The Kier molecular flexibility index (Phi) is 4.48. The third-order valence-corrected chi connectivity index (χ3v) is 4.56. The van der Waals surface area contributed by atoms with Crippen molar-refractivity contribution < 1.29 is 9.53 Å². The summed E-state index contributed by atoms with van der Waals surface area (Å²) in [4.78, 5) is 14.1. The highest BCUT2D eigenvalue weighted by molar-refractivity contribution is 5.80. The third-order valence-electron chi connectivity index (χ3n) is 4.56. The first-order chi connectivity index (χ1) is 9.81. The van der Waals surface area contributed by atoms with E-state index in [9.17, 15) is 4.79 Å². The number of Topliss-reactive ketones (excluding diaryl/α,β-unsaturated/α-hetero) is 1. The summed E-state index contributed by atoms with van der Waals surface area (Å²) in [6.07, 6.45) is 3.98. The van der Waals surface area contributed by atoms with Gasteiger partial charge >= 0.3 is 0 Å². The second-order valence-corrected chi connectivity index (χ2v) is 6.07. The lowest BCUT2D eigenvalue weighted by Gasteiger charge is -2.42. The molecule has 2 unspecified atom stereocenters. The maximum atomic E-state index is 11.7. The summed E-state index contributed by atoms with van der Waals surface area (Å²) in [6, 6.07) is 10.8. The molecule has 0 aromatic heterocycles. The molecule has 108 valence electrons. The van der Waals surface area contributed by atoms with Gasteiger partial charge in [0.25, 0.3) is 0 Å². The van der Waals surface area contributed by atoms with E-state index in [2.05, 4.69) is 17.0 Å². The van der Waals surface area contributed by atoms with Crippen LogP contribution in [0.4, 0.5) is 0 Å². The zero-order valence-electron chi connectivity index (χ0n) is 12.0. The maximum absolute atomic E-state index is 11.7. The van der Waals surface area contributed by atoms with Crippen molar-refractivity contribution in [1.82, 2.24) is 4.90 Å². The first-order valence-corrected chi connectivity index (χ1v) is 7.68. The Morgan fingerprint density at radius 1 is 1.20 bits per heavy atom. The SMILES string of the molecule is O=C1CC2CCN(CCOCc3ccccc3)C(C1)C2. The zero-order chi connectivity index (χ0) is 13.8. The van der Waals surface area contributed by atoms with Crippen LogP contribution in [0.2, 0.25) is 0 Å². The number of hydrogen-bond donors (Lipinski definition) is 0. The van der Waals surface area contributed by atoms with Crippen molar-refractivity contribution in [3.05, 3.63) is 35.9 Å². The molecule has 2 bridgehead atoms. The Labute approximate surface area is 120 Å². The van der Waals surface area contributed by atoms with E-state index in [1.165, 1.54) is 18.4 Å².